The Hall–Kier alpha value is -1.19. The number of carbonyl (C=O) groups excluding carboxylic acids is 1. The summed E-state index contributed by atoms with van der Waals surface area (Å²) < 4.78 is 10.6. The molecule has 0 saturated carbocycles. The van der Waals surface area contributed by atoms with Gasteiger partial charge in [0.1, 0.15) is 6.29 Å². The van der Waals surface area contributed by atoms with Crippen LogP contribution in [0.4, 0.5) is 0 Å². The number of carbonyl (C=O) groups is 1. The molecule has 0 unspecified atom stereocenters. The first-order valence-corrected chi connectivity index (χ1v) is 5.34. The van der Waals surface area contributed by atoms with Crippen molar-refractivity contribution in [1.29, 1.82) is 0 Å². The number of benzene rings is 1. The van der Waals surface area contributed by atoms with E-state index in [1.165, 1.54) is 5.56 Å². The van der Waals surface area contributed by atoms with E-state index in [9.17, 15) is 4.79 Å². The Morgan fingerprint density at radius 1 is 1.19 bits per heavy atom. The van der Waals surface area contributed by atoms with Gasteiger partial charge in [0.15, 0.2) is 5.79 Å². The van der Waals surface area contributed by atoms with Crippen LogP contribution in [0.2, 0.25) is 0 Å². The Morgan fingerprint density at radius 3 is 2.31 bits per heavy atom. The van der Waals surface area contributed by atoms with Crippen LogP contribution in [0.1, 0.15) is 18.4 Å². The number of methoxy groups -OCH3 is 2. The second-order valence-corrected chi connectivity index (χ2v) is 3.68. The highest BCUT2D eigenvalue weighted by Crippen LogP contribution is 2.22. The summed E-state index contributed by atoms with van der Waals surface area (Å²) in [6, 6.07) is 10.1. The van der Waals surface area contributed by atoms with Crippen molar-refractivity contribution in [3.05, 3.63) is 35.9 Å². The zero-order valence-electron chi connectivity index (χ0n) is 9.81. The average Bonchev–Trinajstić information content (AvgIpc) is 2.36. The summed E-state index contributed by atoms with van der Waals surface area (Å²) >= 11 is 0. The van der Waals surface area contributed by atoms with Crippen LogP contribution in [0.5, 0.6) is 0 Å². The predicted molar refractivity (Wildman–Crippen MR) is 62.2 cm³/mol. The molecule has 0 spiro atoms. The molecule has 1 rings (SSSR count). The van der Waals surface area contributed by atoms with Crippen molar-refractivity contribution in [2.24, 2.45) is 0 Å². The van der Waals surface area contributed by atoms with Crippen molar-refractivity contribution in [2.45, 2.75) is 25.0 Å². The van der Waals surface area contributed by atoms with Gasteiger partial charge in [-0.05, 0) is 12.0 Å². The van der Waals surface area contributed by atoms with Crippen LogP contribution in [0.15, 0.2) is 30.3 Å². The van der Waals surface area contributed by atoms with Gasteiger partial charge in [0, 0.05) is 20.6 Å². The van der Waals surface area contributed by atoms with Crippen LogP contribution in [-0.4, -0.2) is 26.3 Å². The molecule has 0 aromatic heterocycles. The molecular formula is C13H18O3. The van der Waals surface area contributed by atoms with Gasteiger partial charge >= 0.3 is 0 Å². The molecule has 0 amide bonds. The van der Waals surface area contributed by atoms with Crippen molar-refractivity contribution in [3.8, 4) is 0 Å². The normalized spacial score (nSPS) is 11.4. The molecular weight excluding hydrogens is 204 g/mol. The van der Waals surface area contributed by atoms with E-state index in [1.54, 1.807) is 14.2 Å². The Balaban J connectivity index is 2.59. The lowest BCUT2D eigenvalue weighted by atomic mass is 10.0. The molecule has 3 nitrogen and oxygen atoms in total. The quantitative estimate of drug-likeness (QED) is 0.524. The summed E-state index contributed by atoms with van der Waals surface area (Å²) in [7, 11) is 3.13. The first kappa shape index (κ1) is 12.9. The molecule has 3 heteroatoms. The maximum atomic E-state index is 10.6. The molecule has 0 aliphatic rings. The first-order chi connectivity index (χ1) is 7.76. The van der Waals surface area contributed by atoms with Crippen LogP contribution in [0.25, 0.3) is 0 Å². The van der Waals surface area contributed by atoms with E-state index in [4.69, 9.17) is 9.47 Å². The lowest BCUT2D eigenvalue weighted by Crippen LogP contribution is -2.34. The molecule has 0 radical (unpaired) electrons. The molecule has 0 aliphatic heterocycles. The number of aldehydes is 1. The van der Waals surface area contributed by atoms with Gasteiger partial charge < -0.3 is 14.3 Å². The summed E-state index contributed by atoms with van der Waals surface area (Å²) in [4.78, 5) is 10.6. The molecule has 1 aromatic carbocycles. The molecule has 88 valence electrons. The molecule has 0 atom stereocenters. The Labute approximate surface area is 96.4 Å². The summed E-state index contributed by atoms with van der Waals surface area (Å²) in [5.74, 6) is -0.780. The zero-order chi connectivity index (χ0) is 11.9. The van der Waals surface area contributed by atoms with Crippen LogP contribution in [0.3, 0.4) is 0 Å². The van der Waals surface area contributed by atoms with E-state index in [0.29, 0.717) is 6.42 Å². The van der Waals surface area contributed by atoms with E-state index in [1.807, 2.05) is 18.2 Å². The standard InChI is InChI=1S/C13H18O3/c1-15-13(16-2,10-11-14)9-8-12-6-4-3-5-7-12/h3-7,11H,8-10H2,1-2H3. The highest BCUT2D eigenvalue weighted by Gasteiger charge is 2.28. The average molecular weight is 222 g/mol. The van der Waals surface area contributed by atoms with Gasteiger partial charge in [0.25, 0.3) is 0 Å². The van der Waals surface area contributed by atoms with E-state index in [0.717, 1.165) is 12.7 Å². The van der Waals surface area contributed by atoms with Gasteiger partial charge in [-0.2, -0.15) is 0 Å². The highest BCUT2D eigenvalue weighted by molar-refractivity contribution is 5.50. The van der Waals surface area contributed by atoms with Crippen molar-refractivity contribution >= 4 is 6.29 Å². The molecule has 16 heavy (non-hydrogen) atoms. The van der Waals surface area contributed by atoms with Gasteiger partial charge in [-0.3, -0.25) is 0 Å². The number of aryl methyl sites for hydroxylation is 1. The Bertz CT molecular complexity index is 304. The third-order valence-corrected chi connectivity index (χ3v) is 2.78. The Kier molecular flexibility index (Phi) is 5.15. The maximum Gasteiger partial charge on any atom is 0.174 e. The van der Waals surface area contributed by atoms with E-state index >= 15 is 0 Å². The molecule has 0 heterocycles. The van der Waals surface area contributed by atoms with E-state index in [-0.39, 0.29) is 6.42 Å². The van der Waals surface area contributed by atoms with Gasteiger partial charge in [0.2, 0.25) is 0 Å². The molecule has 0 aliphatic carbocycles. The van der Waals surface area contributed by atoms with Gasteiger partial charge in [-0.25, -0.2) is 0 Å². The molecule has 0 saturated heterocycles. The van der Waals surface area contributed by atoms with Crippen LogP contribution < -0.4 is 0 Å². The maximum absolute atomic E-state index is 10.6. The van der Waals surface area contributed by atoms with Gasteiger partial charge in [-0.15, -0.1) is 0 Å². The third kappa shape index (κ3) is 3.43. The largest absolute Gasteiger partial charge is 0.353 e. The summed E-state index contributed by atoms with van der Waals surface area (Å²) in [5, 5.41) is 0. The number of hydrogen-bond acceptors (Lipinski definition) is 3. The van der Waals surface area contributed by atoms with E-state index in [2.05, 4.69) is 12.1 Å². The molecule has 1 aromatic rings. The van der Waals surface area contributed by atoms with Crippen LogP contribution in [0, 0.1) is 0 Å². The minimum absolute atomic E-state index is 0.257. The smallest absolute Gasteiger partial charge is 0.174 e. The lowest BCUT2D eigenvalue weighted by Gasteiger charge is -2.29. The van der Waals surface area contributed by atoms with Crippen molar-refractivity contribution in [2.75, 3.05) is 14.2 Å². The minimum atomic E-state index is -0.780. The minimum Gasteiger partial charge on any atom is -0.353 e. The lowest BCUT2D eigenvalue weighted by molar-refractivity contribution is -0.210. The van der Waals surface area contributed by atoms with Gasteiger partial charge in [-0.1, -0.05) is 30.3 Å². The van der Waals surface area contributed by atoms with Crippen molar-refractivity contribution in [1.82, 2.24) is 0 Å². The molecule has 0 fully saturated rings. The molecule has 0 bridgehead atoms. The summed E-state index contributed by atoms with van der Waals surface area (Å²) in [6.07, 6.45) is 2.59. The second-order valence-electron chi connectivity index (χ2n) is 3.68. The fourth-order valence-electron chi connectivity index (χ4n) is 1.66. The fraction of sp³-hybridized carbons (Fsp3) is 0.462. The fourth-order valence-corrected chi connectivity index (χ4v) is 1.66. The number of rotatable bonds is 7. The number of ether oxygens (including phenoxy) is 2. The summed E-state index contributed by atoms with van der Waals surface area (Å²) in [5.41, 5.74) is 1.21. The van der Waals surface area contributed by atoms with Gasteiger partial charge in [0.05, 0.1) is 6.42 Å². The third-order valence-electron chi connectivity index (χ3n) is 2.78. The van der Waals surface area contributed by atoms with Crippen LogP contribution in [-0.2, 0) is 20.7 Å². The monoisotopic (exact) mass is 222 g/mol. The topological polar surface area (TPSA) is 35.5 Å². The number of hydrogen-bond donors (Lipinski definition) is 0. The zero-order valence-corrected chi connectivity index (χ0v) is 9.81. The predicted octanol–water partition coefficient (Wildman–Crippen LogP) is 2.20. The summed E-state index contributed by atoms with van der Waals surface area (Å²) in [6.45, 7) is 0. The first-order valence-electron chi connectivity index (χ1n) is 5.34. The molecule has 0 N–H and O–H groups in total. The van der Waals surface area contributed by atoms with E-state index < -0.39 is 5.79 Å². The van der Waals surface area contributed by atoms with Crippen molar-refractivity contribution < 1.29 is 14.3 Å². The highest BCUT2D eigenvalue weighted by atomic mass is 16.7. The Morgan fingerprint density at radius 2 is 1.81 bits per heavy atom. The van der Waals surface area contributed by atoms with Crippen LogP contribution >= 0.6 is 0 Å². The van der Waals surface area contributed by atoms with Crippen molar-refractivity contribution in [3.63, 3.8) is 0 Å². The second kappa shape index (κ2) is 6.40. The SMILES string of the molecule is COC(CC=O)(CCc1ccccc1)OC.